The topological polar surface area (TPSA) is 60.4 Å². The van der Waals surface area contributed by atoms with Crippen molar-refractivity contribution in [3.05, 3.63) is 34.9 Å². The minimum absolute atomic E-state index is 0.123. The van der Waals surface area contributed by atoms with Crippen LogP contribution in [-0.2, 0) is 6.42 Å². The van der Waals surface area contributed by atoms with E-state index in [9.17, 15) is 5.11 Å². The highest BCUT2D eigenvalue weighted by Gasteiger charge is 2.44. The van der Waals surface area contributed by atoms with E-state index in [1.165, 1.54) is 5.56 Å². The summed E-state index contributed by atoms with van der Waals surface area (Å²) in [5.74, 6) is 2.47. The molecule has 0 spiro atoms. The minimum Gasteiger partial charge on any atom is -0.497 e. The van der Waals surface area contributed by atoms with Crippen LogP contribution in [0.3, 0.4) is 0 Å². The Balaban J connectivity index is 2.13. The Morgan fingerprint density at radius 3 is 2.21 bits per heavy atom. The van der Waals surface area contributed by atoms with E-state index < -0.39 is 6.10 Å². The van der Waals surface area contributed by atoms with Crippen molar-refractivity contribution < 1.29 is 24.1 Å². The van der Waals surface area contributed by atoms with Gasteiger partial charge in [0.1, 0.15) is 5.75 Å². The zero-order valence-corrected chi connectivity index (χ0v) is 17.9. The Hall–Kier alpha value is -2.44. The van der Waals surface area contributed by atoms with Crippen molar-refractivity contribution >= 4 is 0 Å². The first-order valence-electron chi connectivity index (χ1n) is 9.93. The quantitative estimate of drug-likeness (QED) is 0.827. The molecule has 0 radical (unpaired) electrons. The smallest absolute Gasteiger partial charge is 0.204 e. The van der Waals surface area contributed by atoms with Gasteiger partial charge in [0.2, 0.25) is 5.75 Å². The van der Waals surface area contributed by atoms with Gasteiger partial charge in [0.05, 0.1) is 34.5 Å². The molecule has 156 valence electrons. The zero-order valence-electron chi connectivity index (χ0n) is 17.9. The molecule has 6 heteroatoms. The average molecular weight is 399 g/mol. The van der Waals surface area contributed by atoms with Crippen molar-refractivity contribution in [2.45, 2.75) is 38.5 Å². The normalized spacial score (nSPS) is 20.1. The fourth-order valence-electron chi connectivity index (χ4n) is 4.92. The number of ether oxygens (including phenoxy) is 4. The van der Waals surface area contributed by atoms with Crippen molar-refractivity contribution in [2.24, 2.45) is 0 Å². The van der Waals surface area contributed by atoms with E-state index in [1.54, 1.807) is 28.4 Å². The summed E-state index contributed by atoms with van der Waals surface area (Å²) in [6.45, 7) is 4.88. The Labute approximate surface area is 171 Å². The van der Waals surface area contributed by atoms with E-state index in [1.807, 2.05) is 12.1 Å². The number of aliphatic hydroxyl groups is 1. The van der Waals surface area contributed by atoms with E-state index in [4.69, 9.17) is 18.9 Å². The van der Waals surface area contributed by atoms with E-state index >= 15 is 0 Å². The summed E-state index contributed by atoms with van der Waals surface area (Å²) in [7, 11) is 6.51. The first-order chi connectivity index (χ1) is 14.0. The number of hydrogen-bond donors (Lipinski definition) is 1. The molecule has 2 aromatic carbocycles. The number of rotatable bonds is 5. The highest BCUT2D eigenvalue weighted by molar-refractivity contribution is 5.86. The van der Waals surface area contributed by atoms with E-state index in [0.29, 0.717) is 23.8 Å². The van der Waals surface area contributed by atoms with Gasteiger partial charge in [-0.3, -0.25) is 4.90 Å². The number of methoxy groups -OCH3 is 4. The van der Waals surface area contributed by atoms with Gasteiger partial charge in [-0.05, 0) is 49.1 Å². The van der Waals surface area contributed by atoms with Crippen LogP contribution in [0.1, 0.15) is 42.7 Å². The average Bonchev–Trinajstić information content (AvgIpc) is 2.73. The first kappa shape index (κ1) is 19.9. The molecule has 0 amide bonds. The summed E-state index contributed by atoms with van der Waals surface area (Å²) in [5.41, 5.74) is 5.09. The van der Waals surface area contributed by atoms with Crippen molar-refractivity contribution in [3.8, 4) is 34.1 Å². The SMILES string of the molecule is COc1ccc2c(c1)-c1c(OC)c(OC)c(OC)c3c1C(C2)N(C(C)C)CC3O. The van der Waals surface area contributed by atoms with Crippen molar-refractivity contribution in [3.63, 3.8) is 0 Å². The predicted molar refractivity (Wildman–Crippen MR) is 111 cm³/mol. The Morgan fingerprint density at radius 1 is 0.931 bits per heavy atom. The van der Waals surface area contributed by atoms with Crippen LogP contribution in [0.4, 0.5) is 0 Å². The number of hydrogen-bond acceptors (Lipinski definition) is 6. The van der Waals surface area contributed by atoms with Crippen LogP contribution in [0.25, 0.3) is 11.1 Å². The lowest BCUT2D eigenvalue weighted by Crippen LogP contribution is -2.44. The molecule has 1 heterocycles. The second-order valence-corrected chi connectivity index (χ2v) is 7.85. The number of benzene rings is 2. The molecule has 0 saturated heterocycles. The molecule has 0 fully saturated rings. The van der Waals surface area contributed by atoms with Gasteiger partial charge in [0.15, 0.2) is 11.5 Å². The van der Waals surface area contributed by atoms with Crippen LogP contribution < -0.4 is 18.9 Å². The van der Waals surface area contributed by atoms with E-state index in [2.05, 4.69) is 24.8 Å². The molecule has 2 atom stereocenters. The van der Waals surface area contributed by atoms with Gasteiger partial charge in [-0.1, -0.05) is 6.07 Å². The maximum Gasteiger partial charge on any atom is 0.204 e. The monoisotopic (exact) mass is 399 g/mol. The number of aliphatic hydroxyl groups excluding tert-OH is 1. The van der Waals surface area contributed by atoms with Gasteiger partial charge < -0.3 is 24.1 Å². The highest BCUT2D eigenvalue weighted by Crippen LogP contribution is 2.59. The molecule has 1 aliphatic carbocycles. The molecule has 0 saturated carbocycles. The summed E-state index contributed by atoms with van der Waals surface area (Å²) >= 11 is 0. The minimum atomic E-state index is -0.677. The Morgan fingerprint density at radius 2 is 1.62 bits per heavy atom. The fraction of sp³-hybridized carbons (Fsp3) is 0.478. The van der Waals surface area contributed by atoms with Gasteiger partial charge in [0.25, 0.3) is 0 Å². The fourth-order valence-corrected chi connectivity index (χ4v) is 4.92. The molecule has 4 rings (SSSR count). The lowest BCUT2D eigenvalue weighted by atomic mass is 9.75. The molecule has 1 N–H and O–H groups in total. The standard InChI is InChI=1S/C23H29NO5/c1-12(2)24-11-17(25)20-19-16(24)9-13-7-8-14(26-3)10-15(13)18(19)21(27-4)23(29-6)22(20)28-5/h7-8,10,12,16-17,25H,9,11H2,1-6H3. The lowest BCUT2D eigenvalue weighted by molar-refractivity contribution is 0.0429. The van der Waals surface area contributed by atoms with E-state index in [0.717, 1.165) is 34.4 Å². The van der Waals surface area contributed by atoms with Crippen molar-refractivity contribution in [1.29, 1.82) is 0 Å². The molecular formula is C23H29NO5. The largest absolute Gasteiger partial charge is 0.497 e. The number of fused-ring (bicyclic) bond motifs is 2. The summed E-state index contributed by atoms with van der Waals surface area (Å²) in [6.07, 6.45) is 0.174. The third-order valence-corrected chi connectivity index (χ3v) is 6.17. The van der Waals surface area contributed by atoms with Gasteiger partial charge in [0, 0.05) is 29.8 Å². The van der Waals surface area contributed by atoms with Crippen LogP contribution in [0.15, 0.2) is 18.2 Å². The number of nitrogens with zero attached hydrogens (tertiary/aromatic N) is 1. The molecule has 2 aromatic rings. The summed E-state index contributed by atoms with van der Waals surface area (Å²) < 4.78 is 22.8. The predicted octanol–water partition coefficient (Wildman–Crippen LogP) is 3.74. The van der Waals surface area contributed by atoms with Crippen LogP contribution in [0.5, 0.6) is 23.0 Å². The van der Waals surface area contributed by atoms with Crippen molar-refractivity contribution in [1.82, 2.24) is 4.90 Å². The van der Waals surface area contributed by atoms with Gasteiger partial charge >= 0.3 is 0 Å². The first-order valence-corrected chi connectivity index (χ1v) is 9.93. The second-order valence-electron chi connectivity index (χ2n) is 7.85. The Kier molecular flexibility index (Phi) is 5.09. The van der Waals surface area contributed by atoms with Crippen LogP contribution in [0.2, 0.25) is 0 Å². The molecule has 0 aromatic heterocycles. The third kappa shape index (κ3) is 2.85. The third-order valence-electron chi connectivity index (χ3n) is 6.17. The van der Waals surface area contributed by atoms with Crippen LogP contribution in [0, 0.1) is 0 Å². The van der Waals surface area contributed by atoms with Crippen LogP contribution in [-0.4, -0.2) is 51.0 Å². The summed E-state index contributed by atoms with van der Waals surface area (Å²) in [6, 6.07) is 6.56. The maximum atomic E-state index is 11.1. The molecule has 2 unspecified atom stereocenters. The van der Waals surface area contributed by atoms with Crippen molar-refractivity contribution in [2.75, 3.05) is 35.0 Å². The van der Waals surface area contributed by atoms with Gasteiger partial charge in [-0.2, -0.15) is 0 Å². The molecule has 0 bridgehead atoms. The van der Waals surface area contributed by atoms with Gasteiger partial charge in [-0.25, -0.2) is 0 Å². The molecule has 1 aliphatic heterocycles. The second kappa shape index (κ2) is 7.43. The van der Waals surface area contributed by atoms with Gasteiger partial charge in [-0.15, -0.1) is 0 Å². The maximum absolute atomic E-state index is 11.1. The summed E-state index contributed by atoms with van der Waals surface area (Å²) in [4.78, 5) is 2.36. The van der Waals surface area contributed by atoms with Crippen LogP contribution >= 0.6 is 0 Å². The van der Waals surface area contributed by atoms with E-state index in [-0.39, 0.29) is 12.1 Å². The Bertz CT molecular complexity index is 940. The molecule has 2 aliphatic rings. The zero-order chi connectivity index (χ0) is 20.9. The molecular weight excluding hydrogens is 370 g/mol. The highest BCUT2D eigenvalue weighted by atomic mass is 16.5. The summed E-state index contributed by atoms with van der Waals surface area (Å²) in [5, 5.41) is 11.1. The molecule has 6 nitrogen and oxygen atoms in total. The molecule has 29 heavy (non-hydrogen) atoms. The lowest BCUT2D eigenvalue weighted by Gasteiger charge is -2.46. The number of β-amino-alcohol motifs (C(OH)–C–C–N with tert-alkyl or cyclic N) is 1.